The van der Waals surface area contributed by atoms with E-state index >= 15 is 0 Å². The van der Waals surface area contributed by atoms with Gasteiger partial charge in [-0.3, -0.25) is 0 Å². The van der Waals surface area contributed by atoms with E-state index in [1.807, 2.05) is 18.5 Å². The Morgan fingerprint density at radius 2 is 2.00 bits per heavy atom. The number of aryl methyl sites for hydroxylation is 3. The maximum absolute atomic E-state index is 5.41. The molecule has 9 nitrogen and oxygen atoms in total. The number of hydrogen-bond acceptors (Lipinski definition) is 6. The van der Waals surface area contributed by atoms with E-state index in [0.717, 1.165) is 41.5 Å². The van der Waals surface area contributed by atoms with E-state index in [2.05, 4.69) is 44.8 Å². The van der Waals surface area contributed by atoms with Crippen molar-refractivity contribution in [1.29, 1.82) is 0 Å². The van der Waals surface area contributed by atoms with Gasteiger partial charge in [0.15, 0.2) is 11.8 Å². The molecule has 0 radical (unpaired) electrons. The van der Waals surface area contributed by atoms with Crippen molar-refractivity contribution in [2.45, 2.75) is 46.7 Å². The van der Waals surface area contributed by atoms with Crippen molar-refractivity contribution in [2.75, 3.05) is 20.3 Å². The van der Waals surface area contributed by atoms with Gasteiger partial charge in [0.1, 0.15) is 11.6 Å². The molecule has 0 amide bonds. The van der Waals surface area contributed by atoms with Crippen molar-refractivity contribution < 1.29 is 9.26 Å². The maximum Gasteiger partial charge on any atom is 0.192 e. The second-order valence-corrected chi connectivity index (χ2v) is 5.90. The van der Waals surface area contributed by atoms with E-state index in [1.54, 1.807) is 7.11 Å². The van der Waals surface area contributed by atoms with Gasteiger partial charge >= 0.3 is 0 Å². The third kappa shape index (κ3) is 6.45. The monoisotopic (exact) mass is 491 g/mol. The van der Waals surface area contributed by atoms with Gasteiger partial charge in [0, 0.05) is 32.7 Å². The van der Waals surface area contributed by atoms with Gasteiger partial charge in [0.2, 0.25) is 0 Å². The molecule has 2 aromatic heterocycles. The van der Waals surface area contributed by atoms with Crippen molar-refractivity contribution in [3.05, 3.63) is 28.7 Å². The molecular formula is C17H30IN7O2. The van der Waals surface area contributed by atoms with Crippen LogP contribution in [0.2, 0.25) is 0 Å². The second kappa shape index (κ2) is 11.9. The summed E-state index contributed by atoms with van der Waals surface area (Å²) in [5, 5.41) is 18.9. The van der Waals surface area contributed by atoms with Gasteiger partial charge in [-0.2, -0.15) is 0 Å². The lowest BCUT2D eigenvalue weighted by Gasteiger charge is -2.12. The minimum absolute atomic E-state index is 0. The zero-order valence-corrected chi connectivity index (χ0v) is 19.0. The van der Waals surface area contributed by atoms with Crippen LogP contribution in [0.1, 0.15) is 42.5 Å². The summed E-state index contributed by atoms with van der Waals surface area (Å²) in [7, 11) is 3.62. The Morgan fingerprint density at radius 1 is 1.22 bits per heavy atom. The highest BCUT2D eigenvalue weighted by atomic mass is 127. The molecule has 2 aromatic rings. The topological polar surface area (TPSA) is 102 Å². The van der Waals surface area contributed by atoms with E-state index in [4.69, 9.17) is 9.26 Å². The van der Waals surface area contributed by atoms with Gasteiger partial charge < -0.3 is 24.5 Å². The highest BCUT2D eigenvalue weighted by Gasteiger charge is 2.13. The van der Waals surface area contributed by atoms with Crippen LogP contribution in [0.25, 0.3) is 0 Å². The fourth-order valence-electron chi connectivity index (χ4n) is 2.49. The molecular weight excluding hydrogens is 461 g/mol. The highest BCUT2D eigenvalue weighted by molar-refractivity contribution is 14.0. The number of halogens is 1. The summed E-state index contributed by atoms with van der Waals surface area (Å²) in [6.07, 6.45) is 1.63. The number of nitrogens with one attached hydrogen (secondary N) is 2. The molecule has 2 N–H and O–H groups in total. The lowest BCUT2D eigenvalue weighted by atomic mass is 10.1. The third-order valence-electron chi connectivity index (χ3n) is 4.20. The van der Waals surface area contributed by atoms with Crippen molar-refractivity contribution in [3.63, 3.8) is 0 Å². The third-order valence-corrected chi connectivity index (χ3v) is 4.20. The maximum atomic E-state index is 5.41. The van der Waals surface area contributed by atoms with Gasteiger partial charge in [-0.05, 0) is 13.3 Å². The smallest absolute Gasteiger partial charge is 0.192 e. The predicted molar refractivity (Wildman–Crippen MR) is 114 cm³/mol. The highest BCUT2D eigenvalue weighted by Crippen LogP contribution is 2.16. The average Bonchev–Trinajstić information content (AvgIpc) is 3.20. The molecule has 0 aliphatic carbocycles. The summed E-state index contributed by atoms with van der Waals surface area (Å²) in [6.45, 7) is 8.34. The summed E-state index contributed by atoms with van der Waals surface area (Å²) in [4.78, 5) is 4.69. The minimum Gasteiger partial charge on any atom is -0.383 e. The number of nitrogens with zero attached hydrogens (tertiary/aromatic N) is 5. The first-order valence-corrected chi connectivity index (χ1v) is 8.92. The van der Waals surface area contributed by atoms with Gasteiger partial charge in [-0.1, -0.05) is 19.0 Å². The van der Waals surface area contributed by atoms with E-state index in [1.165, 1.54) is 0 Å². The van der Waals surface area contributed by atoms with E-state index in [9.17, 15) is 0 Å². The first kappa shape index (κ1) is 23.3. The number of aliphatic imine (C=N–C) groups is 1. The summed E-state index contributed by atoms with van der Waals surface area (Å²) in [5.74, 6) is 3.30. The molecule has 27 heavy (non-hydrogen) atoms. The molecule has 0 atom stereocenters. The van der Waals surface area contributed by atoms with Gasteiger partial charge in [-0.15, -0.1) is 34.2 Å². The molecule has 0 aliphatic heterocycles. The number of ether oxygens (including phenoxy) is 1. The average molecular weight is 491 g/mol. The zero-order chi connectivity index (χ0) is 18.9. The van der Waals surface area contributed by atoms with Crippen LogP contribution < -0.4 is 10.6 Å². The molecule has 2 rings (SSSR count). The number of guanidine groups is 1. The van der Waals surface area contributed by atoms with Gasteiger partial charge in [0.05, 0.1) is 25.4 Å². The Morgan fingerprint density at radius 3 is 2.59 bits per heavy atom. The van der Waals surface area contributed by atoms with Crippen LogP contribution in [-0.2, 0) is 37.7 Å². The van der Waals surface area contributed by atoms with Crippen LogP contribution in [0.4, 0.5) is 0 Å². The number of rotatable bonds is 9. The number of hydrogen-bond donors (Lipinski definition) is 2. The summed E-state index contributed by atoms with van der Waals surface area (Å²) >= 11 is 0. The van der Waals surface area contributed by atoms with Crippen LogP contribution in [0.3, 0.4) is 0 Å². The normalized spacial score (nSPS) is 11.4. The molecule has 0 aromatic carbocycles. The predicted octanol–water partition coefficient (Wildman–Crippen LogP) is 1.74. The first-order chi connectivity index (χ1) is 12.6. The van der Waals surface area contributed by atoms with Crippen molar-refractivity contribution >= 4 is 29.9 Å². The zero-order valence-electron chi connectivity index (χ0n) is 16.7. The van der Waals surface area contributed by atoms with Crippen LogP contribution in [0, 0.1) is 6.92 Å². The van der Waals surface area contributed by atoms with Crippen molar-refractivity contribution in [1.82, 2.24) is 30.6 Å². The number of aromatic nitrogens is 4. The Labute approximate surface area is 177 Å². The Kier molecular flexibility index (Phi) is 10.3. The second-order valence-electron chi connectivity index (χ2n) is 5.90. The Balaban J connectivity index is 0.00000364. The summed E-state index contributed by atoms with van der Waals surface area (Å²) in [5.41, 5.74) is 2.03. The molecule has 0 bridgehead atoms. The van der Waals surface area contributed by atoms with Crippen LogP contribution in [0.15, 0.2) is 9.52 Å². The SMILES string of the molecule is CCc1noc(CC)c1CN=C(NCCOC)NCc1nnc(C)n1C.I. The molecule has 152 valence electrons. The quantitative estimate of drug-likeness (QED) is 0.239. The molecule has 0 saturated carbocycles. The fourth-order valence-corrected chi connectivity index (χ4v) is 2.49. The molecule has 0 unspecified atom stereocenters. The van der Waals surface area contributed by atoms with Gasteiger partial charge in [0.25, 0.3) is 0 Å². The molecule has 0 saturated heterocycles. The van der Waals surface area contributed by atoms with Gasteiger partial charge in [-0.25, -0.2) is 4.99 Å². The van der Waals surface area contributed by atoms with Crippen molar-refractivity contribution in [2.24, 2.45) is 12.0 Å². The Bertz CT molecular complexity index is 705. The molecule has 0 spiro atoms. The molecule has 2 heterocycles. The fraction of sp³-hybridized carbons (Fsp3) is 0.647. The van der Waals surface area contributed by atoms with E-state index in [0.29, 0.717) is 32.2 Å². The molecule has 0 aliphatic rings. The lowest BCUT2D eigenvalue weighted by molar-refractivity contribution is 0.203. The molecule has 10 heteroatoms. The summed E-state index contributed by atoms with van der Waals surface area (Å²) in [6, 6.07) is 0. The first-order valence-electron chi connectivity index (χ1n) is 8.92. The minimum atomic E-state index is 0. The van der Waals surface area contributed by atoms with Crippen LogP contribution in [-0.4, -0.2) is 46.1 Å². The van der Waals surface area contributed by atoms with Crippen molar-refractivity contribution in [3.8, 4) is 0 Å². The largest absolute Gasteiger partial charge is 0.383 e. The lowest BCUT2D eigenvalue weighted by Crippen LogP contribution is -2.39. The molecule has 0 fully saturated rings. The summed E-state index contributed by atoms with van der Waals surface area (Å²) < 4.78 is 12.5. The van der Waals surface area contributed by atoms with Crippen LogP contribution in [0.5, 0.6) is 0 Å². The van der Waals surface area contributed by atoms with E-state index in [-0.39, 0.29) is 24.0 Å². The standard InChI is InChI=1S/C17H29N7O2.HI/c1-6-14-13(15(7-2)26-23-14)10-19-17(18-8-9-25-5)20-11-16-22-21-12(3)24(16)4;/h6-11H2,1-5H3,(H2,18,19,20);1H. The Hall–Kier alpha value is -1.69. The van der Waals surface area contributed by atoms with E-state index < -0.39 is 0 Å². The number of methoxy groups -OCH3 is 1. The van der Waals surface area contributed by atoms with Crippen LogP contribution >= 0.6 is 24.0 Å².